The molecule has 0 saturated heterocycles. The van der Waals surface area contributed by atoms with E-state index in [9.17, 15) is 14.4 Å². The van der Waals surface area contributed by atoms with Crippen molar-refractivity contribution in [1.82, 2.24) is 10.2 Å². The molecular formula is C16H25N3O5S. The maximum atomic E-state index is 12.5. The third-order valence-corrected chi connectivity index (χ3v) is 4.09. The summed E-state index contributed by atoms with van der Waals surface area (Å²) in [5, 5.41) is 5.49. The molecule has 0 unspecified atom stereocenters. The van der Waals surface area contributed by atoms with E-state index in [1.165, 1.54) is 23.3 Å². The van der Waals surface area contributed by atoms with Gasteiger partial charge in [0.1, 0.15) is 12.2 Å². The molecule has 0 aromatic carbocycles. The second kappa shape index (κ2) is 8.70. The van der Waals surface area contributed by atoms with Crippen LogP contribution in [0.2, 0.25) is 0 Å². The zero-order chi connectivity index (χ0) is 19.2. The van der Waals surface area contributed by atoms with Crippen LogP contribution < -0.4 is 10.6 Å². The van der Waals surface area contributed by atoms with E-state index in [1.54, 1.807) is 40.8 Å². The van der Waals surface area contributed by atoms with E-state index in [4.69, 9.17) is 9.47 Å². The van der Waals surface area contributed by atoms with Crippen molar-refractivity contribution in [3.8, 4) is 0 Å². The zero-order valence-corrected chi connectivity index (χ0v) is 16.2. The van der Waals surface area contributed by atoms with Crippen LogP contribution in [0.3, 0.4) is 0 Å². The number of thiophene rings is 1. The first-order chi connectivity index (χ1) is 11.5. The first kappa shape index (κ1) is 20.8. The molecule has 0 bridgehead atoms. The number of ether oxygens (including phenoxy) is 2. The zero-order valence-electron chi connectivity index (χ0n) is 15.4. The first-order valence-corrected chi connectivity index (χ1v) is 8.55. The van der Waals surface area contributed by atoms with Gasteiger partial charge < -0.3 is 19.7 Å². The Kier molecular flexibility index (Phi) is 7.22. The molecule has 1 rings (SSSR count). The van der Waals surface area contributed by atoms with Crippen LogP contribution in [0.4, 0.5) is 14.6 Å². The average Bonchev–Trinajstić information content (AvgIpc) is 2.84. The van der Waals surface area contributed by atoms with Crippen LogP contribution in [0.5, 0.6) is 0 Å². The standard InChI is InChI=1S/C16H25N3O5S/c1-10-9-11(18-15(22)24-16(2,3)4)25-12(10)13(20)19(6)7-8-23-14(21)17-5/h9H,7-8H2,1-6H3,(H,17,21)(H,18,22). The van der Waals surface area contributed by atoms with E-state index < -0.39 is 17.8 Å². The number of aryl methyl sites for hydroxylation is 1. The molecule has 140 valence electrons. The van der Waals surface area contributed by atoms with E-state index in [-0.39, 0.29) is 19.1 Å². The lowest BCUT2D eigenvalue weighted by Crippen LogP contribution is -2.31. The van der Waals surface area contributed by atoms with Crippen LogP contribution in [-0.4, -0.2) is 55.8 Å². The summed E-state index contributed by atoms with van der Waals surface area (Å²) in [5.74, 6) is -0.208. The number of hydrogen-bond donors (Lipinski definition) is 2. The molecule has 1 aromatic heterocycles. The lowest BCUT2D eigenvalue weighted by atomic mass is 10.2. The minimum absolute atomic E-state index is 0.0926. The van der Waals surface area contributed by atoms with E-state index in [1.807, 2.05) is 0 Å². The summed E-state index contributed by atoms with van der Waals surface area (Å²) in [6, 6.07) is 1.72. The molecule has 0 aliphatic carbocycles. The van der Waals surface area contributed by atoms with Crippen molar-refractivity contribution in [3.05, 3.63) is 16.5 Å². The summed E-state index contributed by atoms with van der Waals surface area (Å²) in [6.45, 7) is 7.47. The van der Waals surface area contributed by atoms with Gasteiger partial charge in [0.05, 0.1) is 16.4 Å². The SMILES string of the molecule is CNC(=O)OCCN(C)C(=O)c1sc(NC(=O)OC(C)(C)C)cc1C. The number of nitrogens with one attached hydrogen (secondary N) is 2. The molecule has 0 spiro atoms. The van der Waals surface area contributed by atoms with Crippen LogP contribution in [-0.2, 0) is 9.47 Å². The third-order valence-electron chi connectivity index (χ3n) is 2.95. The highest BCUT2D eigenvalue weighted by atomic mass is 32.1. The van der Waals surface area contributed by atoms with Crippen LogP contribution in [0.25, 0.3) is 0 Å². The number of hydrogen-bond acceptors (Lipinski definition) is 6. The largest absolute Gasteiger partial charge is 0.448 e. The van der Waals surface area contributed by atoms with Crippen molar-refractivity contribution >= 4 is 34.4 Å². The van der Waals surface area contributed by atoms with Gasteiger partial charge in [0, 0.05) is 14.1 Å². The fraction of sp³-hybridized carbons (Fsp3) is 0.562. The maximum Gasteiger partial charge on any atom is 0.412 e. The van der Waals surface area contributed by atoms with Crippen LogP contribution >= 0.6 is 11.3 Å². The number of rotatable bonds is 5. The number of likely N-dealkylation sites (N-methyl/N-ethyl adjacent to an activating group) is 1. The Hall–Kier alpha value is -2.29. The Balaban J connectivity index is 2.66. The van der Waals surface area contributed by atoms with Gasteiger partial charge in [0.15, 0.2) is 0 Å². The normalized spacial score (nSPS) is 10.8. The first-order valence-electron chi connectivity index (χ1n) is 7.74. The molecule has 1 aromatic rings. The van der Waals surface area contributed by atoms with Crippen LogP contribution in [0.15, 0.2) is 6.07 Å². The summed E-state index contributed by atoms with van der Waals surface area (Å²) in [7, 11) is 3.08. The fourth-order valence-corrected chi connectivity index (χ4v) is 2.84. The summed E-state index contributed by atoms with van der Waals surface area (Å²) in [6.07, 6.45) is -1.11. The second-order valence-corrected chi connectivity index (χ2v) is 7.41. The van der Waals surface area contributed by atoms with Gasteiger partial charge in [0.2, 0.25) is 0 Å². The van der Waals surface area contributed by atoms with Gasteiger partial charge in [-0.15, -0.1) is 11.3 Å². The Morgan fingerprint density at radius 3 is 2.44 bits per heavy atom. The topological polar surface area (TPSA) is 97.0 Å². The molecule has 2 N–H and O–H groups in total. The lowest BCUT2D eigenvalue weighted by Gasteiger charge is -2.19. The predicted octanol–water partition coefficient (Wildman–Crippen LogP) is 2.83. The molecule has 9 heteroatoms. The summed E-state index contributed by atoms with van der Waals surface area (Å²) in [5.41, 5.74) is 0.153. The minimum Gasteiger partial charge on any atom is -0.448 e. The fourth-order valence-electron chi connectivity index (χ4n) is 1.78. The third kappa shape index (κ3) is 7.00. The van der Waals surface area contributed by atoms with Crippen molar-refractivity contribution in [2.24, 2.45) is 0 Å². The van der Waals surface area contributed by atoms with Crippen molar-refractivity contribution in [1.29, 1.82) is 0 Å². The van der Waals surface area contributed by atoms with Gasteiger partial charge in [-0.3, -0.25) is 10.1 Å². The molecule has 0 aliphatic rings. The highest BCUT2D eigenvalue weighted by Gasteiger charge is 2.21. The Morgan fingerprint density at radius 1 is 1.24 bits per heavy atom. The Morgan fingerprint density at radius 2 is 1.88 bits per heavy atom. The molecule has 25 heavy (non-hydrogen) atoms. The van der Waals surface area contributed by atoms with Crippen molar-refractivity contribution in [3.63, 3.8) is 0 Å². The smallest absolute Gasteiger partial charge is 0.412 e. The monoisotopic (exact) mass is 371 g/mol. The van der Waals surface area contributed by atoms with E-state index in [0.29, 0.717) is 9.88 Å². The molecule has 3 amide bonds. The van der Waals surface area contributed by atoms with E-state index in [2.05, 4.69) is 10.6 Å². The number of nitrogens with zero attached hydrogens (tertiary/aromatic N) is 1. The van der Waals surface area contributed by atoms with Crippen molar-refractivity contribution in [2.45, 2.75) is 33.3 Å². The number of carbonyl (C=O) groups excluding carboxylic acids is 3. The van der Waals surface area contributed by atoms with Crippen LogP contribution in [0.1, 0.15) is 36.0 Å². The van der Waals surface area contributed by atoms with Gasteiger partial charge in [-0.05, 0) is 39.3 Å². The quantitative estimate of drug-likeness (QED) is 0.829. The molecule has 0 fully saturated rings. The highest BCUT2D eigenvalue weighted by molar-refractivity contribution is 7.18. The molecule has 8 nitrogen and oxygen atoms in total. The second-order valence-electron chi connectivity index (χ2n) is 6.36. The molecule has 0 atom stereocenters. The highest BCUT2D eigenvalue weighted by Crippen LogP contribution is 2.28. The minimum atomic E-state index is -0.597. The number of anilines is 1. The number of amides is 3. The Labute approximate surface area is 151 Å². The van der Waals surface area contributed by atoms with Gasteiger partial charge in [-0.25, -0.2) is 9.59 Å². The molecule has 1 heterocycles. The van der Waals surface area contributed by atoms with E-state index >= 15 is 0 Å². The molecule has 0 saturated carbocycles. The van der Waals surface area contributed by atoms with Gasteiger partial charge in [0.25, 0.3) is 5.91 Å². The predicted molar refractivity (Wildman–Crippen MR) is 96.3 cm³/mol. The van der Waals surface area contributed by atoms with Gasteiger partial charge in [-0.2, -0.15) is 0 Å². The average molecular weight is 371 g/mol. The van der Waals surface area contributed by atoms with Gasteiger partial charge >= 0.3 is 12.2 Å². The summed E-state index contributed by atoms with van der Waals surface area (Å²) in [4.78, 5) is 37.3. The van der Waals surface area contributed by atoms with Crippen molar-refractivity contribution in [2.75, 3.05) is 32.6 Å². The molecular weight excluding hydrogens is 346 g/mol. The maximum absolute atomic E-state index is 12.5. The Bertz CT molecular complexity index is 636. The lowest BCUT2D eigenvalue weighted by molar-refractivity contribution is 0.0636. The van der Waals surface area contributed by atoms with Gasteiger partial charge in [-0.1, -0.05) is 0 Å². The summed E-state index contributed by atoms with van der Waals surface area (Å²) >= 11 is 1.17. The van der Waals surface area contributed by atoms with E-state index in [0.717, 1.165) is 5.56 Å². The molecule has 0 aliphatic heterocycles. The van der Waals surface area contributed by atoms with Crippen molar-refractivity contribution < 1.29 is 23.9 Å². The number of alkyl carbamates (subject to hydrolysis) is 1. The summed E-state index contributed by atoms with van der Waals surface area (Å²) < 4.78 is 10.1. The van der Waals surface area contributed by atoms with Crippen LogP contribution in [0, 0.1) is 6.92 Å². The molecule has 0 radical (unpaired) electrons. The number of carbonyl (C=O) groups is 3.